The number of aryl methyl sites for hydroxylation is 1. The van der Waals surface area contributed by atoms with E-state index < -0.39 is 0 Å². The molecule has 2 nitrogen and oxygen atoms in total. The third-order valence-corrected chi connectivity index (χ3v) is 3.70. The van der Waals surface area contributed by atoms with Crippen molar-refractivity contribution >= 4 is 5.97 Å². The van der Waals surface area contributed by atoms with E-state index in [1.807, 2.05) is 38.1 Å². The maximum Gasteiger partial charge on any atom is 0.343 e. The Bertz CT molecular complexity index is 649. The first kappa shape index (κ1) is 15.3. The normalized spacial score (nSPS) is 11.3. The van der Waals surface area contributed by atoms with Gasteiger partial charge in [0.15, 0.2) is 0 Å². The highest BCUT2D eigenvalue weighted by Crippen LogP contribution is 2.31. The van der Waals surface area contributed by atoms with Crippen molar-refractivity contribution in [2.45, 2.75) is 40.0 Å². The number of carbonyl (C=O) groups excluding carboxylic acids is 1. The molecule has 0 bridgehead atoms. The van der Waals surface area contributed by atoms with E-state index in [1.165, 1.54) is 5.56 Å². The third kappa shape index (κ3) is 3.52. The van der Waals surface area contributed by atoms with Crippen LogP contribution in [0.25, 0.3) is 0 Å². The summed E-state index contributed by atoms with van der Waals surface area (Å²) in [4.78, 5) is 12.2. The summed E-state index contributed by atoms with van der Waals surface area (Å²) < 4.78 is 5.61. The zero-order valence-electron chi connectivity index (χ0n) is 13.4. The van der Waals surface area contributed by atoms with Gasteiger partial charge in [0.25, 0.3) is 0 Å². The second kappa shape index (κ2) is 5.72. The lowest BCUT2D eigenvalue weighted by atomic mass is 9.85. The minimum atomic E-state index is -0.316. The standard InChI is InChI=1S/C19H22O2/c1-13-11-16(19(3,4)5)12-17(14(13)2)21-18(20)15-9-7-6-8-10-15/h6-12H,1-5H3. The molecule has 0 aliphatic rings. The average molecular weight is 282 g/mol. The number of hydrogen-bond acceptors (Lipinski definition) is 2. The van der Waals surface area contributed by atoms with Crippen molar-refractivity contribution in [2.75, 3.05) is 0 Å². The molecule has 0 spiro atoms. The molecule has 2 heteroatoms. The molecule has 0 radical (unpaired) electrons. The number of benzene rings is 2. The molecule has 0 saturated carbocycles. The van der Waals surface area contributed by atoms with Gasteiger partial charge in [-0.3, -0.25) is 0 Å². The maximum absolute atomic E-state index is 12.2. The van der Waals surface area contributed by atoms with Crippen molar-refractivity contribution in [3.8, 4) is 5.75 Å². The van der Waals surface area contributed by atoms with Gasteiger partial charge >= 0.3 is 5.97 Å². The van der Waals surface area contributed by atoms with Crippen LogP contribution in [0.4, 0.5) is 0 Å². The number of carbonyl (C=O) groups is 1. The lowest BCUT2D eigenvalue weighted by Gasteiger charge is -2.22. The molecule has 0 unspecified atom stereocenters. The highest BCUT2D eigenvalue weighted by Gasteiger charge is 2.18. The molecule has 0 amide bonds. The molecule has 21 heavy (non-hydrogen) atoms. The monoisotopic (exact) mass is 282 g/mol. The Kier molecular flexibility index (Phi) is 4.17. The van der Waals surface area contributed by atoms with Crippen LogP contribution in [0, 0.1) is 13.8 Å². The fraction of sp³-hybridized carbons (Fsp3) is 0.316. The van der Waals surface area contributed by atoms with E-state index in [9.17, 15) is 4.79 Å². The molecule has 2 aromatic carbocycles. The van der Waals surface area contributed by atoms with Crippen molar-refractivity contribution in [3.63, 3.8) is 0 Å². The van der Waals surface area contributed by atoms with Gasteiger partial charge in [-0.2, -0.15) is 0 Å². The highest BCUT2D eigenvalue weighted by atomic mass is 16.5. The SMILES string of the molecule is Cc1cc(C(C)(C)C)cc(OC(=O)c2ccccc2)c1C. The minimum Gasteiger partial charge on any atom is -0.423 e. The molecule has 0 fully saturated rings. The van der Waals surface area contributed by atoms with E-state index in [2.05, 4.69) is 26.8 Å². The number of rotatable bonds is 2. The van der Waals surface area contributed by atoms with E-state index >= 15 is 0 Å². The van der Waals surface area contributed by atoms with Crippen LogP contribution in [0.15, 0.2) is 42.5 Å². The van der Waals surface area contributed by atoms with Crippen molar-refractivity contribution in [2.24, 2.45) is 0 Å². The fourth-order valence-corrected chi connectivity index (χ4v) is 2.10. The first-order valence-corrected chi connectivity index (χ1v) is 7.18. The predicted octanol–water partition coefficient (Wildman–Crippen LogP) is 4.82. The molecule has 0 N–H and O–H groups in total. The van der Waals surface area contributed by atoms with Crippen LogP contribution in [0.5, 0.6) is 5.75 Å². The molecule has 0 aliphatic heterocycles. The molecular formula is C19H22O2. The fourth-order valence-electron chi connectivity index (χ4n) is 2.10. The molecule has 110 valence electrons. The summed E-state index contributed by atoms with van der Waals surface area (Å²) in [5.41, 5.74) is 3.90. The summed E-state index contributed by atoms with van der Waals surface area (Å²) in [7, 11) is 0. The van der Waals surface area contributed by atoms with Crippen molar-refractivity contribution < 1.29 is 9.53 Å². The molecule has 0 heterocycles. The van der Waals surface area contributed by atoms with E-state index in [4.69, 9.17) is 4.74 Å². The first-order chi connectivity index (χ1) is 9.79. The van der Waals surface area contributed by atoms with Crippen LogP contribution in [-0.2, 0) is 5.41 Å². The minimum absolute atomic E-state index is 0.0202. The quantitative estimate of drug-likeness (QED) is 0.583. The molecule has 0 aliphatic carbocycles. The van der Waals surface area contributed by atoms with Crippen LogP contribution in [-0.4, -0.2) is 5.97 Å². The largest absolute Gasteiger partial charge is 0.423 e. The molecular weight excluding hydrogens is 260 g/mol. The summed E-state index contributed by atoms with van der Waals surface area (Å²) >= 11 is 0. The number of esters is 1. The van der Waals surface area contributed by atoms with Crippen LogP contribution >= 0.6 is 0 Å². The summed E-state index contributed by atoms with van der Waals surface area (Å²) in [6.07, 6.45) is 0. The maximum atomic E-state index is 12.2. The average Bonchev–Trinajstić information content (AvgIpc) is 2.43. The second-order valence-corrected chi connectivity index (χ2v) is 6.42. The summed E-state index contributed by atoms with van der Waals surface area (Å²) in [6.45, 7) is 10.5. The topological polar surface area (TPSA) is 26.3 Å². The van der Waals surface area contributed by atoms with Crippen molar-refractivity contribution in [3.05, 3.63) is 64.7 Å². The zero-order valence-corrected chi connectivity index (χ0v) is 13.4. The lowest BCUT2D eigenvalue weighted by Crippen LogP contribution is -2.14. The molecule has 2 aromatic rings. The number of ether oxygens (including phenoxy) is 1. The Balaban J connectivity index is 2.36. The van der Waals surface area contributed by atoms with E-state index in [0.717, 1.165) is 11.1 Å². The van der Waals surface area contributed by atoms with Crippen LogP contribution < -0.4 is 4.74 Å². The van der Waals surface area contributed by atoms with Gasteiger partial charge in [0.1, 0.15) is 5.75 Å². The van der Waals surface area contributed by atoms with E-state index in [-0.39, 0.29) is 11.4 Å². The molecule has 0 atom stereocenters. The lowest BCUT2D eigenvalue weighted by molar-refractivity contribution is 0.0733. The Morgan fingerprint density at radius 1 is 1.00 bits per heavy atom. The van der Waals surface area contributed by atoms with Crippen LogP contribution in [0.1, 0.15) is 47.8 Å². The van der Waals surface area contributed by atoms with Gasteiger partial charge in [-0.1, -0.05) is 45.0 Å². The molecule has 0 saturated heterocycles. The highest BCUT2D eigenvalue weighted by molar-refractivity contribution is 5.91. The Hall–Kier alpha value is -2.09. The van der Waals surface area contributed by atoms with Crippen molar-refractivity contribution in [1.29, 1.82) is 0 Å². The Labute approximate surface area is 126 Å². The first-order valence-electron chi connectivity index (χ1n) is 7.18. The molecule has 0 aromatic heterocycles. The van der Waals surface area contributed by atoms with Gasteiger partial charge in [-0.25, -0.2) is 4.79 Å². The summed E-state index contributed by atoms with van der Waals surface area (Å²) in [5, 5.41) is 0. The van der Waals surface area contributed by atoms with Crippen LogP contribution in [0.3, 0.4) is 0 Å². The van der Waals surface area contributed by atoms with Gasteiger partial charge in [-0.15, -0.1) is 0 Å². The number of hydrogen-bond donors (Lipinski definition) is 0. The third-order valence-electron chi connectivity index (χ3n) is 3.70. The van der Waals surface area contributed by atoms with E-state index in [0.29, 0.717) is 11.3 Å². The second-order valence-electron chi connectivity index (χ2n) is 6.42. The predicted molar refractivity (Wildman–Crippen MR) is 86.0 cm³/mol. The molecule has 2 rings (SSSR count). The zero-order chi connectivity index (χ0) is 15.6. The van der Waals surface area contributed by atoms with Gasteiger partial charge in [-0.05, 0) is 54.2 Å². The van der Waals surface area contributed by atoms with Crippen molar-refractivity contribution in [1.82, 2.24) is 0 Å². The Morgan fingerprint density at radius 3 is 2.19 bits per heavy atom. The summed E-state index contributed by atoms with van der Waals surface area (Å²) in [6, 6.07) is 13.2. The van der Waals surface area contributed by atoms with Gasteiger partial charge < -0.3 is 4.74 Å². The summed E-state index contributed by atoms with van der Waals surface area (Å²) in [5.74, 6) is 0.331. The van der Waals surface area contributed by atoms with Gasteiger partial charge in [0.2, 0.25) is 0 Å². The Morgan fingerprint density at radius 2 is 1.62 bits per heavy atom. The smallest absolute Gasteiger partial charge is 0.343 e. The van der Waals surface area contributed by atoms with Gasteiger partial charge in [0, 0.05) is 0 Å². The van der Waals surface area contributed by atoms with Gasteiger partial charge in [0.05, 0.1) is 5.56 Å². The van der Waals surface area contributed by atoms with Crippen LogP contribution in [0.2, 0.25) is 0 Å². The van der Waals surface area contributed by atoms with E-state index in [1.54, 1.807) is 12.1 Å².